The van der Waals surface area contributed by atoms with Crippen LogP contribution in [0.3, 0.4) is 0 Å². The normalized spacial score (nSPS) is 23.1. The highest BCUT2D eigenvalue weighted by molar-refractivity contribution is 5.77. The molecule has 2 aliphatic heterocycles. The van der Waals surface area contributed by atoms with Crippen LogP contribution in [-0.4, -0.2) is 72.1 Å². The monoisotopic (exact) mass is 325 g/mol. The molecule has 2 amide bonds. The SMILES string of the molecule is O=C(CCCN1CCCCC1=O)NCCCN1CCCC(O)C1. The van der Waals surface area contributed by atoms with Gasteiger partial charge in [0.15, 0.2) is 0 Å². The average Bonchev–Trinajstić information content (AvgIpc) is 2.53. The highest BCUT2D eigenvalue weighted by atomic mass is 16.3. The lowest BCUT2D eigenvalue weighted by atomic mass is 10.1. The fraction of sp³-hybridized carbons (Fsp3) is 0.882. The molecule has 0 aromatic heterocycles. The fourth-order valence-electron chi connectivity index (χ4n) is 3.38. The number of rotatable bonds is 8. The van der Waals surface area contributed by atoms with Crippen molar-refractivity contribution in [2.45, 2.75) is 57.5 Å². The van der Waals surface area contributed by atoms with Crippen molar-refractivity contribution < 1.29 is 14.7 Å². The molecule has 132 valence electrons. The third kappa shape index (κ3) is 6.87. The van der Waals surface area contributed by atoms with Gasteiger partial charge in [-0.3, -0.25) is 9.59 Å². The lowest BCUT2D eigenvalue weighted by molar-refractivity contribution is -0.133. The number of likely N-dealkylation sites (tertiary alicyclic amines) is 2. The van der Waals surface area contributed by atoms with E-state index in [0.717, 1.165) is 64.7 Å². The standard InChI is InChI=1S/C17H31N3O3/c21-15-6-3-10-19(14-15)11-5-9-18-16(22)7-4-13-20-12-2-1-8-17(20)23/h15,21H,1-14H2,(H,18,22). The first-order valence-electron chi connectivity index (χ1n) is 9.10. The van der Waals surface area contributed by atoms with E-state index in [0.29, 0.717) is 25.9 Å². The summed E-state index contributed by atoms with van der Waals surface area (Å²) in [4.78, 5) is 27.6. The first kappa shape index (κ1) is 18.2. The molecule has 2 heterocycles. The van der Waals surface area contributed by atoms with Crippen molar-refractivity contribution in [1.82, 2.24) is 15.1 Å². The highest BCUT2D eigenvalue weighted by Crippen LogP contribution is 2.11. The zero-order valence-electron chi connectivity index (χ0n) is 14.1. The number of nitrogens with one attached hydrogen (secondary N) is 1. The first-order valence-corrected chi connectivity index (χ1v) is 9.10. The molecule has 6 nitrogen and oxygen atoms in total. The van der Waals surface area contributed by atoms with Crippen molar-refractivity contribution in [3.05, 3.63) is 0 Å². The zero-order valence-corrected chi connectivity index (χ0v) is 14.1. The molecule has 0 bridgehead atoms. The Morgan fingerprint density at radius 1 is 1.17 bits per heavy atom. The van der Waals surface area contributed by atoms with E-state index in [1.807, 2.05) is 4.90 Å². The molecule has 6 heteroatoms. The van der Waals surface area contributed by atoms with E-state index in [9.17, 15) is 14.7 Å². The lowest BCUT2D eigenvalue weighted by Crippen LogP contribution is -2.39. The Balaban J connectivity index is 1.47. The van der Waals surface area contributed by atoms with E-state index in [1.165, 1.54) is 0 Å². The number of hydrogen-bond donors (Lipinski definition) is 2. The Morgan fingerprint density at radius 2 is 2.04 bits per heavy atom. The van der Waals surface area contributed by atoms with E-state index in [2.05, 4.69) is 10.2 Å². The molecule has 2 fully saturated rings. The number of β-amino-alcohol motifs (C(OH)–C–C–N with tert-alkyl or cyclic N) is 1. The number of amides is 2. The molecule has 0 spiro atoms. The van der Waals surface area contributed by atoms with Crippen molar-refractivity contribution in [1.29, 1.82) is 0 Å². The van der Waals surface area contributed by atoms with Crippen LogP contribution in [0.2, 0.25) is 0 Å². The first-order chi connectivity index (χ1) is 11.1. The van der Waals surface area contributed by atoms with Crippen molar-refractivity contribution in [3.63, 3.8) is 0 Å². The van der Waals surface area contributed by atoms with Gasteiger partial charge in [-0.05, 0) is 51.6 Å². The van der Waals surface area contributed by atoms with Gasteiger partial charge in [-0.2, -0.15) is 0 Å². The van der Waals surface area contributed by atoms with Crippen LogP contribution in [-0.2, 0) is 9.59 Å². The van der Waals surface area contributed by atoms with Gasteiger partial charge in [0.05, 0.1) is 6.10 Å². The number of carbonyl (C=O) groups is 2. The second-order valence-corrected chi connectivity index (χ2v) is 6.74. The smallest absolute Gasteiger partial charge is 0.222 e. The summed E-state index contributed by atoms with van der Waals surface area (Å²) in [5.41, 5.74) is 0. The molecular weight excluding hydrogens is 294 g/mol. The molecular formula is C17H31N3O3. The second kappa shape index (κ2) is 9.88. The van der Waals surface area contributed by atoms with Crippen LogP contribution in [0.25, 0.3) is 0 Å². The molecule has 0 radical (unpaired) electrons. The van der Waals surface area contributed by atoms with Gasteiger partial charge in [0, 0.05) is 39.0 Å². The summed E-state index contributed by atoms with van der Waals surface area (Å²) in [5, 5.41) is 12.6. The van der Waals surface area contributed by atoms with E-state index < -0.39 is 0 Å². The summed E-state index contributed by atoms with van der Waals surface area (Å²) in [6, 6.07) is 0. The molecule has 2 aliphatic rings. The van der Waals surface area contributed by atoms with Crippen LogP contribution in [0.5, 0.6) is 0 Å². The fourth-order valence-corrected chi connectivity index (χ4v) is 3.38. The van der Waals surface area contributed by atoms with Gasteiger partial charge in [-0.1, -0.05) is 0 Å². The number of nitrogens with zero attached hydrogens (tertiary/aromatic N) is 2. The summed E-state index contributed by atoms with van der Waals surface area (Å²) in [5.74, 6) is 0.313. The van der Waals surface area contributed by atoms with Crippen LogP contribution in [0, 0.1) is 0 Å². The summed E-state index contributed by atoms with van der Waals surface area (Å²) >= 11 is 0. The van der Waals surface area contributed by atoms with Crippen molar-refractivity contribution in [2.75, 3.05) is 39.3 Å². The molecule has 23 heavy (non-hydrogen) atoms. The third-order valence-electron chi connectivity index (χ3n) is 4.71. The second-order valence-electron chi connectivity index (χ2n) is 6.74. The van der Waals surface area contributed by atoms with Crippen LogP contribution in [0.15, 0.2) is 0 Å². The van der Waals surface area contributed by atoms with Crippen LogP contribution >= 0.6 is 0 Å². The highest BCUT2D eigenvalue weighted by Gasteiger charge is 2.18. The predicted molar refractivity (Wildman–Crippen MR) is 89.0 cm³/mol. The van der Waals surface area contributed by atoms with Gasteiger partial charge in [-0.15, -0.1) is 0 Å². The van der Waals surface area contributed by atoms with Gasteiger partial charge in [-0.25, -0.2) is 0 Å². The summed E-state index contributed by atoms with van der Waals surface area (Å²) in [6.45, 7) is 4.99. The van der Waals surface area contributed by atoms with E-state index in [-0.39, 0.29) is 17.9 Å². The maximum absolute atomic E-state index is 11.8. The Kier molecular flexibility index (Phi) is 7.82. The maximum Gasteiger partial charge on any atom is 0.222 e. The predicted octanol–water partition coefficient (Wildman–Crippen LogP) is 0.742. The minimum absolute atomic E-state index is 0.0770. The van der Waals surface area contributed by atoms with Gasteiger partial charge in [0.1, 0.15) is 0 Å². The quantitative estimate of drug-likeness (QED) is 0.646. The lowest BCUT2D eigenvalue weighted by Gasteiger charge is -2.29. The van der Waals surface area contributed by atoms with Crippen molar-refractivity contribution in [2.24, 2.45) is 0 Å². The molecule has 2 rings (SSSR count). The third-order valence-corrected chi connectivity index (χ3v) is 4.71. The summed E-state index contributed by atoms with van der Waals surface area (Å²) < 4.78 is 0. The van der Waals surface area contributed by atoms with E-state index in [1.54, 1.807) is 0 Å². The van der Waals surface area contributed by atoms with E-state index in [4.69, 9.17) is 0 Å². The van der Waals surface area contributed by atoms with Gasteiger partial charge in [0.25, 0.3) is 0 Å². The molecule has 2 saturated heterocycles. The minimum Gasteiger partial charge on any atom is -0.392 e. The Morgan fingerprint density at radius 3 is 2.83 bits per heavy atom. The largest absolute Gasteiger partial charge is 0.392 e. The maximum atomic E-state index is 11.8. The molecule has 2 N–H and O–H groups in total. The summed E-state index contributed by atoms with van der Waals surface area (Å²) in [6.07, 6.45) is 6.70. The average molecular weight is 325 g/mol. The molecule has 1 unspecified atom stereocenters. The topological polar surface area (TPSA) is 72.9 Å². The zero-order chi connectivity index (χ0) is 16.5. The van der Waals surface area contributed by atoms with Gasteiger partial charge < -0.3 is 20.2 Å². The van der Waals surface area contributed by atoms with Crippen molar-refractivity contribution >= 4 is 11.8 Å². The van der Waals surface area contributed by atoms with Crippen LogP contribution in [0.4, 0.5) is 0 Å². The summed E-state index contributed by atoms with van der Waals surface area (Å²) in [7, 11) is 0. The minimum atomic E-state index is -0.184. The Bertz CT molecular complexity index is 389. The molecule has 0 aromatic carbocycles. The molecule has 0 aromatic rings. The number of aliphatic hydroxyl groups is 1. The van der Waals surface area contributed by atoms with Gasteiger partial charge >= 0.3 is 0 Å². The van der Waals surface area contributed by atoms with Crippen LogP contribution < -0.4 is 5.32 Å². The number of carbonyl (C=O) groups excluding carboxylic acids is 2. The van der Waals surface area contributed by atoms with Gasteiger partial charge in [0.2, 0.25) is 11.8 Å². The molecule has 0 saturated carbocycles. The molecule has 0 aliphatic carbocycles. The number of aliphatic hydroxyl groups excluding tert-OH is 1. The molecule has 1 atom stereocenters. The van der Waals surface area contributed by atoms with Crippen LogP contribution in [0.1, 0.15) is 51.4 Å². The number of piperidine rings is 2. The van der Waals surface area contributed by atoms with E-state index >= 15 is 0 Å². The number of hydrogen-bond acceptors (Lipinski definition) is 4. The Hall–Kier alpha value is -1.14. The van der Waals surface area contributed by atoms with Crippen molar-refractivity contribution in [3.8, 4) is 0 Å². The Labute approximate surface area is 139 Å².